The number of nitrogens with zero attached hydrogens (tertiary/aromatic N) is 2. The van der Waals surface area contributed by atoms with Gasteiger partial charge in [-0.15, -0.1) is 0 Å². The first-order chi connectivity index (χ1) is 10.8. The predicted molar refractivity (Wildman–Crippen MR) is 83.0 cm³/mol. The van der Waals surface area contributed by atoms with E-state index in [4.69, 9.17) is 0 Å². The quantitative estimate of drug-likeness (QED) is 0.362. The summed E-state index contributed by atoms with van der Waals surface area (Å²) in [6.45, 7) is -0.0534. The lowest BCUT2D eigenvalue weighted by molar-refractivity contribution is -0.139. The van der Waals surface area contributed by atoms with Gasteiger partial charge in [-0.05, 0) is 0 Å². The van der Waals surface area contributed by atoms with Crippen molar-refractivity contribution < 1.29 is 19.1 Å². The number of hydrogen-bond donors (Lipinski definition) is 2. The Kier molecular flexibility index (Phi) is 7.26. The summed E-state index contributed by atoms with van der Waals surface area (Å²) < 4.78 is 4.51. The SMILES string of the molecule is CNC(=O)CN(C)C(=O)CSc1nc(CC(=O)OC)cc(=O)[nH]1. The van der Waals surface area contributed by atoms with E-state index in [9.17, 15) is 19.2 Å². The van der Waals surface area contributed by atoms with Gasteiger partial charge in [0.25, 0.3) is 5.56 Å². The van der Waals surface area contributed by atoms with Crippen molar-refractivity contribution >= 4 is 29.5 Å². The van der Waals surface area contributed by atoms with Crippen molar-refractivity contribution in [1.82, 2.24) is 20.2 Å². The Morgan fingerprint density at radius 3 is 2.74 bits per heavy atom. The van der Waals surface area contributed by atoms with E-state index in [1.807, 2.05) is 0 Å². The average molecular weight is 342 g/mol. The molecule has 1 rings (SSSR count). The van der Waals surface area contributed by atoms with Crippen molar-refractivity contribution in [3.05, 3.63) is 22.1 Å². The summed E-state index contributed by atoms with van der Waals surface area (Å²) in [6.07, 6.45) is -0.126. The lowest BCUT2D eigenvalue weighted by atomic mass is 10.3. The van der Waals surface area contributed by atoms with E-state index in [0.717, 1.165) is 11.8 Å². The number of carbonyl (C=O) groups is 3. The number of methoxy groups -OCH3 is 1. The molecular formula is C13H18N4O5S. The maximum absolute atomic E-state index is 11.9. The minimum absolute atomic E-state index is 0.00187. The molecule has 10 heteroatoms. The number of hydrogen-bond acceptors (Lipinski definition) is 7. The Hall–Kier alpha value is -2.36. The fourth-order valence-corrected chi connectivity index (χ4v) is 2.32. The number of aromatic amines is 1. The van der Waals surface area contributed by atoms with Crippen LogP contribution < -0.4 is 10.9 Å². The van der Waals surface area contributed by atoms with E-state index in [0.29, 0.717) is 0 Å². The molecule has 0 aliphatic carbocycles. The van der Waals surface area contributed by atoms with Gasteiger partial charge in [-0.2, -0.15) is 0 Å². The largest absolute Gasteiger partial charge is 0.469 e. The number of carbonyl (C=O) groups excluding carboxylic acids is 3. The standard InChI is InChI=1S/C13H18N4O5S/c1-14-10(19)6-17(2)11(20)7-23-13-15-8(4-9(18)16-13)5-12(21)22-3/h4H,5-7H2,1-3H3,(H,14,19)(H,15,16,18). The average Bonchev–Trinajstić information content (AvgIpc) is 2.51. The van der Waals surface area contributed by atoms with E-state index in [-0.39, 0.29) is 41.4 Å². The molecule has 2 amide bonds. The van der Waals surface area contributed by atoms with Crippen LogP contribution in [0.15, 0.2) is 16.0 Å². The fraction of sp³-hybridized carbons (Fsp3) is 0.462. The first kappa shape index (κ1) is 18.7. The molecule has 0 aliphatic heterocycles. The molecule has 9 nitrogen and oxygen atoms in total. The number of amides is 2. The summed E-state index contributed by atoms with van der Waals surface area (Å²) in [6, 6.07) is 1.19. The highest BCUT2D eigenvalue weighted by Crippen LogP contribution is 2.12. The van der Waals surface area contributed by atoms with Crippen molar-refractivity contribution in [3.8, 4) is 0 Å². The molecular weight excluding hydrogens is 324 g/mol. The molecule has 0 aliphatic rings. The number of likely N-dealkylation sites (N-methyl/N-ethyl adjacent to an activating group) is 2. The second-order valence-corrected chi connectivity index (χ2v) is 5.47. The summed E-state index contributed by atoms with van der Waals surface area (Å²) in [7, 11) is 4.23. The normalized spacial score (nSPS) is 10.0. The van der Waals surface area contributed by atoms with E-state index < -0.39 is 11.5 Å². The van der Waals surface area contributed by atoms with Crippen molar-refractivity contribution in [2.24, 2.45) is 0 Å². The third kappa shape index (κ3) is 6.51. The van der Waals surface area contributed by atoms with Gasteiger partial charge in [-0.25, -0.2) is 4.98 Å². The Bertz CT molecular complexity index is 645. The molecule has 0 aromatic carbocycles. The molecule has 0 fully saturated rings. The van der Waals surface area contributed by atoms with Crippen LogP contribution in [0.25, 0.3) is 0 Å². The first-order valence-corrected chi connectivity index (χ1v) is 7.58. The molecule has 0 saturated carbocycles. The molecule has 23 heavy (non-hydrogen) atoms. The summed E-state index contributed by atoms with van der Waals surface area (Å²) in [5.41, 5.74) is -0.165. The van der Waals surface area contributed by atoms with Crippen molar-refractivity contribution in [1.29, 1.82) is 0 Å². The molecule has 1 aromatic rings. The highest BCUT2D eigenvalue weighted by atomic mass is 32.2. The second-order valence-electron chi connectivity index (χ2n) is 4.51. The summed E-state index contributed by atoms with van der Waals surface area (Å²) in [4.78, 5) is 53.7. The van der Waals surface area contributed by atoms with Gasteiger partial charge in [0.2, 0.25) is 11.8 Å². The van der Waals surface area contributed by atoms with Crippen LogP contribution in [0.1, 0.15) is 5.69 Å². The topological polar surface area (TPSA) is 121 Å². The van der Waals surface area contributed by atoms with Crippen LogP contribution in [0.2, 0.25) is 0 Å². The molecule has 0 spiro atoms. The van der Waals surface area contributed by atoms with Crippen LogP contribution in [-0.2, 0) is 25.5 Å². The van der Waals surface area contributed by atoms with Gasteiger partial charge in [0.15, 0.2) is 5.16 Å². The molecule has 1 heterocycles. The maximum atomic E-state index is 11.9. The molecule has 0 unspecified atom stereocenters. The van der Waals surface area contributed by atoms with E-state index >= 15 is 0 Å². The third-order valence-electron chi connectivity index (χ3n) is 2.74. The minimum atomic E-state index is -0.513. The van der Waals surface area contributed by atoms with Crippen LogP contribution in [-0.4, -0.2) is 66.2 Å². The highest BCUT2D eigenvalue weighted by Gasteiger charge is 2.14. The van der Waals surface area contributed by atoms with Gasteiger partial charge in [-0.1, -0.05) is 11.8 Å². The van der Waals surface area contributed by atoms with E-state index in [2.05, 4.69) is 20.0 Å². The molecule has 2 N–H and O–H groups in total. The molecule has 0 bridgehead atoms. The van der Waals surface area contributed by atoms with Gasteiger partial charge in [0.1, 0.15) is 0 Å². The van der Waals surface area contributed by atoms with Crippen molar-refractivity contribution in [2.45, 2.75) is 11.6 Å². The van der Waals surface area contributed by atoms with Crippen molar-refractivity contribution in [3.63, 3.8) is 0 Å². The van der Waals surface area contributed by atoms with E-state index in [1.165, 1.54) is 32.2 Å². The van der Waals surface area contributed by atoms with Gasteiger partial charge in [0, 0.05) is 20.2 Å². The maximum Gasteiger partial charge on any atom is 0.311 e. The first-order valence-electron chi connectivity index (χ1n) is 6.60. The third-order valence-corrected chi connectivity index (χ3v) is 3.60. The number of thioether (sulfide) groups is 1. The lowest BCUT2D eigenvalue weighted by Crippen LogP contribution is -2.37. The fourth-order valence-electron chi connectivity index (χ4n) is 1.49. The Morgan fingerprint density at radius 1 is 1.43 bits per heavy atom. The number of nitrogens with one attached hydrogen (secondary N) is 2. The van der Waals surface area contributed by atoms with Crippen LogP contribution in [0.5, 0.6) is 0 Å². The number of H-pyrrole nitrogens is 1. The van der Waals surface area contributed by atoms with Gasteiger partial charge in [-0.3, -0.25) is 19.2 Å². The Labute approximate surface area is 136 Å². The smallest absolute Gasteiger partial charge is 0.311 e. The summed E-state index contributed by atoms with van der Waals surface area (Å²) in [5.74, 6) is -1.09. The summed E-state index contributed by atoms with van der Waals surface area (Å²) in [5, 5.41) is 2.64. The molecule has 0 radical (unpaired) electrons. The summed E-state index contributed by atoms with van der Waals surface area (Å²) >= 11 is 1.01. The van der Waals surface area contributed by atoms with Gasteiger partial charge in [0.05, 0.1) is 31.5 Å². The molecule has 0 atom stereocenters. The predicted octanol–water partition coefficient (Wildman–Crippen LogP) is -1.22. The van der Waals surface area contributed by atoms with Crippen LogP contribution in [0.4, 0.5) is 0 Å². The number of esters is 1. The highest BCUT2D eigenvalue weighted by molar-refractivity contribution is 7.99. The van der Waals surface area contributed by atoms with Crippen molar-refractivity contribution in [2.75, 3.05) is 33.5 Å². The van der Waals surface area contributed by atoms with Crippen LogP contribution in [0.3, 0.4) is 0 Å². The van der Waals surface area contributed by atoms with Gasteiger partial charge >= 0.3 is 5.97 Å². The number of ether oxygens (including phenoxy) is 1. The monoisotopic (exact) mass is 342 g/mol. The zero-order valence-electron chi connectivity index (χ0n) is 13.0. The Morgan fingerprint density at radius 2 is 2.13 bits per heavy atom. The number of aromatic nitrogens is 2. The molecule has 1 aromatic heterocycles. The van der Waals surface area contributed by atoms with Gasteiger partial charge < -0.3 is 19.9 Å². The van der Waals surface area contributed by atoms with Crippen LogP contribution >= 0.6 is 11.8 Å². The second kappa shape index (κ2) is 8.93. The zero-order valence-corrected chi connectivity index (χ0v) is 13.9. The molecule has 126 valence electrons. The Balaban J connectivity index is 2.67. The lowest BCUT2D eigenvalue weighted by Gasteiger charge is -2.15. The minimum Gasteiger partial charge on any atom is -0.469 e. The van der Waals surface area contributed by atoms with E-state index in [1.54, 1.807) is 0 Å². The van der Waals surface area contributed by atoms with Crippen LogP contribution in [0, 0.1) is 0 Å². The number of rotatable bonds is 7. The zero-order chi connectivity index (χ0) is 17.4. The molecule has 0 saturated heterocycles.